The van der Waals surface area contributed by atoms with E-state index in [4.69, 9.17) is 9.15 Å². The normalized spacial score (nSPS) is 11.6. The number of nitrogens with zero attached hydrogens (tertiary/aromatic N) is 2. The highest BCUT2D eigenvalue weighted by molar-refractivity contribution is 7.89. The lowest BCUT2D eigenvalue weighted by Gasteiger charge is -2.03. The van der Waals surface area contributed by atoms with E-state index in [0.717, 1.165) is 11.3 Å². The fourth-order valence-electron chi connectivity index (χ4n) is 2.31. The number of aromatic hydroxyl groups is 1. The van der Waals surface area contributed by atoms with E-state index < -0.39 is 15.7 Å². The van der Waals surface area contributed by atoms with E-state index in [2.05, 4.69) is 15.5 Å². The number of phenolic OH excluding ortho intramolecular Hbond substituents is 1. The number of thiazole rings is 1. The number of amides is 1. The number of carbonyl (C=O) groups excluding carboxylic acids is 1. The molecule has 2 aromatic heterocycles. The van der Waals surface area contributed by atoms with Gasteiger partial charge in [-0.15, -0.1) is 11.3 Å². The van der Waals surface area contributed by atoms with Gasteiger partial charge in [-0.05, 0) is 30.3 Å². The van der Waals surface area contributed by atoms with Gasteiger partial charge in [-0.3, -0.25) is 4.79 Å². The smallest absolute Gasteiger partial charge is 0.290 e. The summed E-state index contributed by atoms with van der Waals surface area (Å²) in [6.45, 7) is 0. The Labute approximate surface area is 170 Å². The predicted octanol–water partition coefficient (Wildman–Crippen LogP) is 2.33. The fraction of sp³-hybridized carbons (Fsp3) is 0.167. The summed E-state index contributed by atoms with van der Waals surface area (Å²) < 4.78 is 34.5. The van der Waals surface area contributed by atoms with Gasteiger partial charge in [0.25, 0.3) is 5.91 Å². The van der Waals surface area contributed by atoms with E-state index in [9.17, 15) is 18.3 Å². The molecule has 0 unspecified atom stereocenters. The third-order valence-electron chi connectivity index (χ3n) is 3.67. The highest BCUT2D eigenvalue weighted by Crippen LogP contribution is 2.21. The Bertz CT molecular complexity index is 1120. The van der Waals surface area contributed by atoms with E-state index in [1.54, 1.807) is 24.3 Å². The molecule has 0 saturated heterocycles. The molecule has 0 atom stereocenters. The van der Waals surface area contributed by atoms with Crippen LogP contribution in [0.1, 0.15) is 26.8 Å². The molecule has 3 rings (SSSR count). The average Bonchev–Trinajstić information content (AvgIpc) is 3.34. The lowest BCUT2D eigenvalue weighted by Crippen LogP contribution is -2.18. The number of hydrazone groups is 1. The van der Waals surface area contributed by atoms with Gasteiger partial charge in [0.05, 0.1) is 19.6 Å². The van der Waals surface area contributed by atoms with Gasteiger partial charge in [0, 0.05) is 10.9 Å². The number of sulfone groups is 1. The zero-order valence-electron chi connectivity index (χ0n) is 15.2. The summed E-state index contributed by atoms with van der Waals surface area (Å²) >= 11 is 1.06. The molecule has 3 aromatic rings. The molecule has 29 heavy (non-hydrogen) atoms. The average molecular weight is 435 g/mol. The Morgan fingerprint density at radius 3 is 2.93 bits per heavy atom. The van der Waals surface area contributed by atoms with Crippen molar-refractivity contribution in [2.75, 3.05) is 7.11 Å². The minimum absolute atomic E-state index is 0.0264. The SMILES string of the molecule is COc1ccc(O)c(C=NNC(=O)c2csc(CS(=O)(=O)Cc3ccco3)n2)c1. The predicted molar refractivity (Wildman–Crippen MR) is 107 cm³/mol. The zero-order valence-corrected chi connectivity index (χ0v) is 16.9. The zero-order chi connectivity index (χ0) is 20.9. The van der Waals surface area contributed by atoms with Gasteiger partial charge in [0.15, 0.2) is 9.84 Å². The Kier molecular flexibility index (Phi) is 6.29. The van der Waals surface area contributed by atoms with Gasteiger partial charge in [0.2, 0.25) is 0 Å². The van der Waals surface area contributed by atoms with Crippen molar-refractivity contribution in [3.8, 4) is 11.5 Å². The number of ether oxygens (including phenoxy) is 1. The maximum atomic E-state index is 12.2. The van der Waals surface area contributed by atoms with Gasteiger partial charge < -0.3 is 14.3 Å². The number of phenols is 1. The highest BCUT2D eigenvalue weighted by atomic mass is 32.2. The van der Waals surface area contributed by atoms with E-state index in [0.29, 0.717) is 17.1 Å². The summed E-state index contributed by atoms with van der Waals surface area (Å²) in [5.41, 5.74) is 2.68. The molecule has 0 aliphatic carbocycles. The number of hydrogen-bond acceptors (Lipinski definition) is 9. The number of furan rings is 1. The van der Waals surface area contributed by atoms with Crippen LogP contribution in [0.15, 0.2) is 51.5 Å². The molecule has 0 radical (unpaired) electrons. The molecule has 2 heterocycles. The summed E-state index contributed by atoms with van der Waals surface area (Å²) in [6, 6.07) is 7.77. The van der Waals surface area contributed by atoms with Gasteiger partial charge in [0.1, 0.15) is 39.5 Å². The Morgan fingerprint density at radius 1 is 1.38 bits per heavy atom. The van der Waals surface area contributed by atoms with Crippen LogP contribution in [0, 0.1) is 0 Å². The van der Waals surface area contributed by atoms with Crippen LogP contribution in [0.25, 0.3) is 0 Å². The summed E-state index contributed by atoms with van der Waals surface area (Å²) in [4.78, 5) is 16.2. The summed E-state index contributed by atoms with van der Waals surface area (Å²) in [7, 11) is -1.99. The second-order valence-corrected chi connectivity index (χ2v) is 8.87. The third-order valence-corrected chi connectivity index (χ3v) is 6.14. The Hall–Kier alpha value is -3.18. The van der Waals surface area contributed by atoms with Crippen LogP contribution in [0.2, 0.25) is 0 Å². The van der Waals surface area contributed by atoms with E-state index >= 15 is 0 Å². The molecule has 0 fully saturated rings. The molecule has 2 N–H and O–H groups in total. The maximum Gasteiger partial charge on any atom is 0.290 e. The van der Waals surface area contributed by atoms with Crippen molar-refractivity contribution in [3.05, 3.63) is 64.0 Å². The quantitative estimate of drug-likeness (QED) is 0.410. The Balaban J connectivity index is 1.61. The second kappa shape index (κ2) is 8.88. The number of rotatable bonds is 8. The van der Waals surface area contributed by atoms with E-state index in [1.807, 2.05) is 0 Å². The molecule has 0 aliphatic rings. The molecular weight excluding hydrogens is 418 g/mol. The highest BCUT2D eigenvalue weighted by Gasteiger charge is 2.19. The molecular formula is C18H17N3O6S2. The topological polar surface area (TPSA) is 131 Å². The number of benzene rings is 1. The lowest BCUT2D eigenvalue weighted by atomic mass is 10.2. The Morgan fingerprint density at radius 2 is 2.21 bits per heavy atom. The molecule has 1 amide bonds. The molecule has 0 bridgehead atoms. The minimum Gasteiger partial charge on any atom is -0.507 e. The number of carbonyl (C=O) groups is 1. The number of methoxy groups -OCH3 is 1. The van der Waals surface area contributed by atoms with Crippen LogP contribution in [-0.4, -0.2) is 37.7 Å². The van der Waals surface area contributed by atoms with Crippen molar-refractivity contribution < 1.29 is 27.5 Å². The van der Waals surface area contributed by atoms with Crippen LogP contribution in [0.4, 0.5) is 0 Å². The van der Waals surface area contributed by atoms with Crippen LogP contribution < -0.4 is 10.2 Å². The van der Waals surface area contributed by atoms with Gasteiger partial charge in [-0.2, -0.15) is 5.10 Å². The largest absolute Gasteiger partial charge is 0.507 e. The first-order valence-electron chi connectivity index (χ1n) is 8.24. The lowest BCUT2D eigenvalue weighted by molar-refractivity contribution is 0.0950. The first kappa shape index (κ1) is 20.6. The molecule has 9 nitrogen and oxygen atoms in total. The van der Waals surface area contributed by atoms with Crippen molar-refractivity contribution in [3.63, 3.8) is 0 Å². The number of nitrogens with one attached hydrogen (secondary N) is 1. The van der Waals surface area contributed by atoms with E-state index in [-0.39, 0.29) is 28.0 Å². The maximum absolute atomic E-state index is 12.2. The standard InChI is InChI=1S/C18H17N3O6S2/c1-26-13-4-5-16(22)12(7-13)8-19-21-18(23)15-9-28-17(20-15)11-29(24,25)10-14-3-2-6-27-14/h2-9,22H,10-11H2,1H3,(H,21,23). The fourth-order valence-corrected chi connectivity index (χ4v) is 4.82. The molecule has 0 spiro atoms. The monoisotopic (exact) mass is 435 g/mol. The molecule has 0 aliphatic heterocycles. The second-order valence-electron chi connectivity index (χ2n) is 5.86. The van der Waals surface area contributed by atoms with Crippen molar-refractivity contribution in [2.24, 2.45) is 5.10 Å². The molecule has 152 valence electrons. The van der Waals surface area contributed by atoms with Crippen molar-refractivity contribution in [2.45, 2.75) is 11.5 Å². The van der Waals surface area contributed by atoms with Gasteiger partial charge in [-0.25, -0.2) is 18.8 Å². The van der Waals surface area contributed by atoms with Gasteiger partial charge >= 0.3 is 0 Å². The summed E-state index contributed by atoms with van der Waals surface area (Å²) in [5.74, 6) is -0.302. The van der Waals surface area contributed by atoms with Crippen LogP contribution in [0.3, 0.4) is 0 Å². The van der Waals surface area contributed by atoms with Crippen molar-refractivity contribution >= 4 is 33.3 Å². The van der Waals surface area contributed by atoms with Crippen LogP contribution in [-0.2, 0) is 21.3 Å². The first-order chi connectivity index (χ1) is 13.9. The first-order valence-corrected chi connectivity index (χ1v) is 10.9. The summed E-state index contributed by atoms with van der Waals surface area (Å²) in [6.07, 6.45) is 2.67. The molecule has 11 heteroatoms. The minimum atomic E-state index is -3.48. The van der Waals surface area contributed by atoms with Gasteiger partial charge in [-0.1, -0.05) is 0 Å². The third kappa shape index (κ3) is 5.65. The van der Waals surface area contributed by atoms with Crippen molar-refractivity contribution in [1.82, 2.24) is 10.4 Å². The molecule has 0 saturated carbocycles. The number of hydrogen-bond donors (Lipinski definition) is 2. The molecule has 1 aromatic carbocycles. The van der Waals surface area contributed by atoms with Crippen molar-refractivity contribution in [1.29, 1.82) is 0 Å². The van der Waals surface area contributed by atoms with Crippen LogP contribution >= 0.6 is 11.3 Å². The van der Waals surface area contributed by atoms with Crippen LogP contribution in [0.5, 0.6) is 11.5 Å². The van der Waals surface area contributed by atoms with E-state index in [1.165, 1.54) is 31.0 Å². The number of aromatic nitrogens is 1. The summed E-state index contributed by atoms with van der Waals surface area (Å²) in [5, 5.41) is 15.3.